The van der Waals surface area contributed by atoms with Gasteiger partial charge in [-0.3, -0.25) is 10.1 Å². The van der Waals surface area contributed by atoms with Crippen molar-refractivity contribution in [3.8, 4) is 0 Å². The van der Waals surface area contributed by atoms with Crippen LogP contribution < -0.4 is 0 Å². The summed E-state index contributed by atoms with van der Waals surface area (Å²) in [5.41, 5.74) is 1.78. The van der Waals surface area contributed by atoms with Gasteiger partial charge in [0, 0.05) is 11.3 Å². The minimum absolute atomic E-state index is 0.173. The maximum absolute atomic E-state index is 11.1. The smallest absolute Gasteiger partial charge is 0.222 e. The molecular formula is C13H23NO7. The van der Waals surface area contributed by atoms with Gasteiger partial charge in [-0.2, -0.15) is 0 Å². The molecule has 21 heavy (non-hydrogen) atoms. The van der Waals surface area contributed by atoms with Gasteiger partial charge in [0.15, 0.2) is 0 Å². The van der Waals surface area contributed by atoms with Crippen LogP contribution in [0.25, 0.3) is 0 Å². The Morgan fingerprint density at radius 1 is 1.14 bits per heavy atom. The second kappa shape index (κ2) is 7.28. The predicted octanol–water partition coefficient (Wildman–Crippen LogP) is -1.19. The van der Waals surface area contributed by atoms with Crippen LogP contribution in [-0.4, -0.2) is 67.5 Å². The van der Waals surface area contributed by atoms with Gasteiger partial charge in [-0.1, -0.05) is 11.1 Å². The molecule has 0 aromatic heterocycles. The quantitative estimate of drug-likeness (QED) is 0.236. The molecule has 0 spiro atoms. The van der Waals surface area contributed by atoms with Gasteiger partial charge in [0.05, 0.1) is 18.6 Å². The van der Waals surface area contributed by atoms with Crippen molar-refractivity contribution in [2.75, 3.05) is 6.61 Å². The third-order valence-electron chi connectivity index (χ3n) is 4.27. The van der Waals surface area contributed by atoms with Crippen LogP contribution in [0.2, 0.25) is 0 Å². The number of aliphatic hydroxyl groups is 5. The average Bonchev–Trinajstić information content (AvgIpc) is 2.46. The lowest BCUT2D eigenvalue weighted by atomic mass is 9.76. The molecule has 8 nitrogen and oxygen atoms in total. The summed E-state index contributed by atoms with van der Waals surface area (Å²) in [6.45, 7) is 2.80. The second-order valence-electron chi connectivity index (χ2n) is 5.71. The lowest BCUT2D eigenvalue weighted by Gasteiger charge is -2.35. The van der Waals surface area contributed by atoms with E-state index in [0.717, 1.165) is 11.1 Å². The zero-order valence-corrected chi connectivity index (χ0v) is 12.1. The Morgan fingerprint density at radius 3 is 2.14 bits per heavy atom. The topological polar surface area (TPSA) is 144 Å². The number of nitro groups is 1. The predicted molar refractivity (Wildman–Crippen MR) is 73.0 cm³/mol. The Labute approximate surface area is 122 Å². The van der Waals surface area contributed by atoms with E-state index in [1.807, 2.05) is 0 Å². The Morgan fingerprint density at radius 2 is 1.67 bits per heavy atom. The van der Waals surface area contributed by atoms with E-state index < -0.39 is 47.9 Å². The molecule has 8 heteroatoms. The zero-order valence-electron chi connectivity index (χ0n) is 12.1. The van der Waals surface area contributed by atoms with Crippen LogP contribution in [-0.2, 0) is 0 Å². The summed E-state index contributed by atoms with van der Waals surface area (Å²) in [6, 6.07) is -1.06. The highest BCUT2D eigenvalue weighted by Crippen LogP contribution is 2.34. The van der Waals surface area contributed by atoms with Crippen molar-refractivity contribution >= 4 is 0 Å². The SMILES string of the molecule is CC1=C(C)C[C@@H]([N+](=O)[O-])[C@@H]([C@H](O)[C@@H](O)[C@@H](O)[C@H](O)CO)C1. The molecule has 5 N–H and O–H groups in total. The molecule has 0 aromatic carbocycles. The van der Waals surface area contributed by atoms with Gasteiger partial charge in [0.1, 0.15) is 18.3 Å². The van der Waals surface area contributed by atoms with Crippen LogP contribution in [0, 0.1) is 16.0 Å². The number of hydrogen-bond acceptors (Lipinski definition) is 7. The van der Waals surface area contributed by atoms with Crippen molar-refractivity contribution in [1.29, 1.82) is 0 Å². The first-order valence-corrected chi connectivity index (χ1v) is 6.82. The van der Waals surface area contributed by atoms with Gasteiger partial charge in [-0.15, -0.1) is 0 Å². The zero-order chi connectivity index (χ0) is 16.3. The van der Waals surface area contributed by atoms with Crippen LogP contribution >= 0.6 is 0 Å². The van der Waals surface area contributed by atoms with Gasteiger partial charge < -0.3 is 25.5 Å². The van der Waals surface area contributed by atoms with Crippen molar-refractivity contribution in [2.24, 2.45) is 5.92 Å². The summed E-state index contributed by atoms with van der Waals surface area (Å²) in [5.74, 6) is -0.862. The number of allylic oxidation sites excluding steroid dienone is 1. The molecule has 122 valence electrons. The van der Waals surface area contributed by atoms with Crippen molar-refractivity contribution in [3.63, 3.8) is 0 Å². The van der Waals surface area contributed by atoms with E-state index >= 15 is 0 Å². The molecule has 1 aliphatic carbocycles. The van der Waals surface area contributed by atoms with Crippen LogP contribution in [0.5, 0.6) is 0 Å². The molecular weight excluding hydrogens is 282 g/mol. The number of hydrogen-bond donors (Lipinski definition) is 5. The summed E-state index contributed by atoms with van der Waals surface area (Å²) in [5, 5.41) is 58.8. The highest BCUT2D eigenvalue weighted by Gasteiger charge is 2.44. The van der Waals surface area contributed by atoms with Crippen molar-refractivity contribution < 1.29 is 30.5 Å². The summed E-state index contributed by atoms with van der Waals surface area (Å²) in [7, 11) is 0. The molecule has 0 radical (unpaired) electrons. The normalized spacial score (nSPS) is 28.9. The minimum atomic E-state index is -1.77. The largest absolute Gasteiger partial charge is 0.394 e. The Bertz CT molecular complexity index is 411. The second-order valence-corrected chi connectivity index (χ2v) is 5.71. The molecule has 0 heterocycles. The fraction of sp³-hybridized carbons (Fsp3) is 0.846. The van der Waals surface area contributed by atoms with Gasteiger partial charge in [-0.25, -0.2) is 0 Å². The maximum atomic E-state index is 11.1. The third-order valence-corrected chi connectivity index (χ3v) is 4.27. The fourth-order valence-corrected chi connectivity index (χ4v) is 2.67. The molecule has 0 fully saturated rings. The summed E-state index contributed by atoms with van der Waals surface area (Å²) in [4.78, 5) is 10.6. The van der Waals surface area contributed by atoms with E-state index in [1.54, 1.807) is 13.8 Å². The maximum Gasteiger partial charge on any atom is 0.222 e. The Balaban J connectivity index is 2.92. The highest BCUT2D eigenvalue weighted by molar-refractivity contribution is 5.17. The molecule has 6 atom stereocenters. The minimum Gasteiger partial charge on any atom is -0.394 e. The first-order chi connectivity index (χ1) is 9.70. The van der Waals surface area contributed by atoms with Crippen LogP contribution in [0.3, 0.4) is 0 Å². The molecule has 1 aliphatic rings. The first-order valence-electron chi connectivity index (χ1n) is 6.82. The van der Waals surface area contributed by atoms with Gasteiger partial charge in [-0.05, 0) is 20.3 Å². The van der Waals surface area contributed by atoms with Gasteiger partial charge in [0.2, 0.25) is 6.04 Å². The molecule has 0 aromatic rings. The number of aliphatic hydroxyl groups excluding tert-OH is 5. The standard InChI is InChI=1S/C13H23NO7/c1-6-3-8(9(14(20)21)4-7(6)2)11(17)13(19)12(18)10(16)5-15/h8-13,15-19H,3-5H2,1-2H3/t8-,9+,10+,11-,12-,13+/m0/s1. The van der Waals surface area contributed by atoms with Crippen LogP contribution in [0.4, 0.5) is 0 Å². The van der Waals surface area contributed by atoms with Gasteiger partial charge >= 0.3 is 0 Å². The van der Waals surface area contributed by atoms with E-state index in [9.17, 15) is 30.5 Å². The monoisotopic (exact) mass is 305 g/mol. The van der Waals surface area contributed by atoms with E-state index in [4.69, 9.17) is 5.11 Å². The fourth-order valence-electron chi connectivity index (χ4n) is 2.67. The number of rotatable bonds is 6. The van der Waals surface area contributed by atoms with Crippen LogP contribution in [0.15, 0.2) is 11.1 Å². The van der Waals surface area contributed by atoms with Crippen LogP contribution in [0.1, 0.15) is 26.7 Å². The molecule has 1 rings (SSSR count). The molecule has 0 aliphatic heterocycles. The third kappa shape index (κ3) is 3.98. The first kappa shape index (κ1) is 18.0. The summed E-state index contributed by atoms with van der Waals surface area (Å²) >= 11 is 0. The average molecular weight is 305 g/mol. The van der Waals surface area contributed by atoms with E-state index in [-0.39, 0.29) is 12.8 Å². The van der Waals surface area contributed by atoms with E-state index in [1.165, 1.54) is 0 Å². The summed E-state index contributed by atoms with van der Waals surface area (Å²) in [6.07, 6.45) is -6.33. The molecule has 0 saturated carbocycles. The molecule has 0 saturated heterocycles. The molecule has 0 amide bonds. The van der Waals surface area contributed by atoms with Crippen molar-refractivity contribution in [1.82, 2.24) is 0 Å². The van der Waals surface area contributed by atoms with Gasteiger partial charge in [0.25, 0.3) is 0 Å². The molecule has 0 unspecified atom stereocenters. The van der Waals surface area contributed by atoms with E-state index in [2.05, 4.69) is 0 Å². The lowest BCUT2D eigenvalue weighted by Crippen LogP contribution is -2.52. The van der Waals surface area contributed by atoms with Crippen molar-refractivity contribution in [2.45, 2.75) is 57.1 Å². The van der Waals surface area contributed by atoms with Crippen molar-refractivity contribution in [3.05, 3.63) is 21.3 Å². The number of nitrogens with zero attached hydrogens (tertiary/aromatic N) is 1. The van der Waals surface area contributed by atoms with E-state index in [0.29, 0.717) is 0 Å². The molecule has 0 bridgehead atoms. The Kier molecular flexibility index (Phi) is 6.24. The highest BCUT2D eigenvalue weighted by atomic mass is 16.6. The lowest BCUT2D eigenvalue weighted by molar-refractivity contribution is -0.535. The Hall–Kier alpha value is -1.06. The summed E-state index contributed by atoms with van der Waals surface area (Å²) < 4.78 is 0.